The number of anilines is 1. The third kappa shape index (κ3) is 5.13. The molecule has 0 aliphatic carbocycles. The first-order valence-corrected chi connectivity index (χ1v) is 7.78. The highest BCUT2D eigenvalue weighted by atomic mass is 79.9. The molecule has 2 rings (SSSR count). The lowest BCUT2D eigenvalue weighted by Crippen LogP contribution is -2.34. The van der Waals surface area contributed by atoms with Crippen LogP contribution in [0.2, 0.25) is 0 Å². The summed E-state index contributed by atoms with van der Waals surface area (Å²) in [6.07, 6.45) is 1.89. The van der Waals surface area contributed by atoms with Crippen LogP contribution in [-0.4, -0.2) is 31.1 Å². The summed E-state index contributed by atoms with van der Waals surface area (Å²) >= 11 is 3.39. The molecule has 5 nitrogen and oxygen atoms in total. The minimum Gasteiger partial charge on any atom is -0.376 e. The predicted octanol–water partition coefficient (Wildman–Crippen LogP) is 2.38. The number of carbonyl (C=O) groups is 2. The van der Waals surface area contributed by atoms with Crippen LogP contribution < -0.4 is 10.6 Å². The maximum Gasteiger partial charge on any atom is 0.233 e. The van der Waals surface area contributed by atoms with Gasteiger partial charge in [-0.2, -0.15) is 0 Å². The van der Waals surface area contributed by atoms with Crippen molar-refractivity contribution in [2.75, 3.05) is 18.5 Å². The van der Waals surface area contributed by atoms with Gasteiger partial charge >= 0.3 is 0 Å². The molecule has 2 amide bonds. The zero-order chi connectivity index (χ0) is 15.2. The van der Waals surface area contributed by atoms with Gasteiger partial charge < -0.3 is 15.4 Å². The molecule has 0 bridgehead atoms. The molecule has 2 N–H and O–H groups in total. The smallest absolute Gasteiger partial charge is 0.233 e. The fourth-order valence-corrected chi connectivity index (χ4v) is 2.75. The third-order valence-corrected chi connectivity index (χ3v) is 3.93. The quantitative estimate of drug-likeness (QED) is 0.797. The second-order valence-corrected chi connectivity index (χ2v) is 6.00. The highest BCUT2D eigenvalue weighted by molar-refractivity contribution is 9.10. The van der Waals surface area contributed by atoms with E-state index in [4.69, 9.17) is 4.74 Å². The molecule has 6 heteroatoms. The van der Waals surface area contributed by atoms with Gasteiger partial charge in [0.15, 0.2) is 0 Å². The van der Waals surface area contributed by atoms with Gasteiger partial charge in [0, 0.05) is 17.6 Å². The molecular formula is C15H19BrN2O3. The predicted molar refractivity (Wildman–Crippen MR) is 84.1 cm³/mol. The first kappa shape index (κ1) is 16.0. The van der Waals surface area contributed by atoms with E-state index in [2.05, 4.69) is 26.6 Å². The molecule has 1 aromatic carbocycles. The number of hydrogen-bond acceptors (Lipinski definition) is 3. The van der Waals surface area contributed by atoms with E-state index in [-0.39, 0.29) is 24.3 Å². The molecular weight excluding hydrogens is 336 g/mol. The Morgan fingerprint density at radius 1 is 1.38 bits per heavy atom. The first-order chi connectivity index (χ1) is 10.0. The average Bonchev–Trinajstić information content (AvgIpc) is 2.93. The molecule has 1 saturated heterocycles. The lowest BCUT2D eigenvalue weighted by atomic mass is 10.2. The molecule has 1 aliphatic heterocycles. The molecule has 0 spiro atoms. The lowest BCUT2D eigenvalue weighted by Gasteiger charge is -2.11. The number of carbonyl (C=O) groups excluding carboxylic acids is 2. The molecule has 1 aliphatic rings. The van der Waals surface area contributed by atoms with Gasteiger partial charge in [0.25, 0.3) is 0 Å². The van der Waals surface area contributed by atoms with Crippen LogP contribution in [0.3, 0.4) is 0 Å². The van der Waals surface area contributed by atoms with Crippen LogP contribution in [0.4, 0.5) is 5.69 Å². The Balaban J connectivity index is 1.76. The molecule has 0 aromatic heterocycles. The monoisotopic (exact) mass is 354 g/mol. The fourth-order valence-electron chi connectivity index (χ4n) is 2.16. The van der Waals surface area contributed by atoms with Crippen LogP contribution in [0, 0.1) is 6.92 Å². The molecule has 1 heterocycles. The summed E-state index contributed by atoms with van der Waals surface area (Å²) in [5.74, 6) is -0.615. The number of ether oxygens (including phenoxy) is 1. The van der Waals surface area contributed by atoms with Crippen molar-refractivity contribution < 1.29 is 14.3 Å². The topological polar surface area (TPSA) is 67.4 Å². The van der Waals surface area contributed by atoms with Gasteiger partial charge in [-0.15, -0.1) is 0 Å². The number of hydrogen-bond donors (Lipinski definition) is 2. The van der Waals surface area contributed by atoms with Gasteiger partial charge in [0.2, 0.25) is 11.8 Å². The zero-order valence-corrected chi connectivity index (χ0v) is 13.5. The number of amides is 2. The molecule has 21 heavy (non-hydrogen) atoms. The Labute approximate surface area is 132 Å². The van der Waals surface area contributed by atoms with E-state index in [9.17, 15) is 9.59 Å². The van der Waals surface area contributed by atoms with Gasteiger partial charge in [-0.05, 0) is 53.4 Å². The first-order valence-electron chi connectivity index (χ1n) is 6.99. The fraction of sp³-hybridized carbons (Fsp3) is 0.467. The maximum atomic E-state index is 11.8. The van der Waals surface area contributed by atoms with Crippen molar-refractivity contribution in [2.24, 2.45) is 0 Å². The second kappa shape index (κ2) is 7.56. The van der Waals surface area contributed by atoms with E-state index in [1.54, 1.807) is 0 Å². The normalized spacial score (nSPS) is 17.5. The molecule has 1 unspecified atom stereocenters. The summed E-state index contributed by atoms with van der Waals surface area (Å²) in [5, 5.41) is 5.45. The second-order valence-electron chi connectivity index (χ2n) is 5.15. The number of aryl methyl sites for hydroxylation is 1. The van der Waals surface area contributed by atoms with Gasteiger partial charge in [-0.25, -0.2) is 0 Å². The van der Waals surface area contributed by atoms with Crippen LogP contribution in [-0.2, 0) is 14.3 Å². The van der Waals surface area contributed by atoms with Crippen molar-refractivity contribution in [2.45, 2.75) is 32.3 Å². The van der Waals surface area contributed by atoms with E-state index in [0.29, 0.717) is 12.2 Å². The highest BCUT2D eigenvalue weighted by Crippen LogP contribution is 2.23. The Bertz CT molecular complexity index is 528. The summed E-state index contributed by atoms with van der Waals surface area (Å²) in [4.78, 5) is 23.5. The zero-order valence-electron chi connectivity index (χ0n) is 11.9. The van der Waals surface area contributed by atoms with E-state index < -0.39 is 0 Å². The third-order valence-electron chi connectivity index (χ3n) is 3.27. The Morgan fingerprint density at radius 3 is 2.86 bits per heavy atom. The number of halogens is 1. The van der Waals surface area contributed by atoms with Crippen LogP contribution in [0.15, 0.2) is 22.7 Å². The maximum absolute atomic E-state index is 11.8. The standard InChI is InChI=1S/C15H19BrN2O3/c1-10-4-5-13(12(16)7-10)18-15(20)8-14(19)17-9-11-3-2-6-21-11/h4-5,7,11H,2-3,6,8-9H2,1H3,(H,17,19)(H,18,20). The van der Waals surface area contributed by atoms with Crippen LogP contribution >= 0.6 is 15.9 Å². The summed E-state index contributed by atoms with van der Waals surface area (Å²) in [7, 11) is 0. The summed E-state index contributed by atoms with van der Waals surface area (Å²) in [6.45, 7) is 3.19. The minimum absolute atomic E-state index is 0.0863. The number of rotatable bonds is 5. The Kier molecular flexibility index (Phi) is 5.76. The van der Waals surface area contributed by atoms with Gasteiger partial charge in [-0.1, -0.05) is 6.07 Å². The van der Waals surface area contributed by atoms with Crippen LogP contribution in [0.25, 0.3) is 0 Å². The summed E-state index contributed by atoms with van der Waals surface area (Å²) in [5.41, 5.74) is 1.76. The largest absolute Gasteiger partial charge is 0.376 e. The molecule has 114 valence electrons. The van der Waals surface area contributed by atoms with Crippen molar-refractivity contribution in [1.82, 2.24) is 5.32 Å². The SMILES string of the molecule is Cc1ccc(NC(=O)CC(=O)NCC2CCCO2)c(Br)c1. The molecule has 1 atom stereocenters. The summed E-state index contributed by atoms with van der Waals surface area (Å²) in [6, 6.07) is 5.62. The molecule has 0 saturated carbocycles. The highest BCUT2D eigenvalue weighted by Gasteiger charge is 2.17. The molecule has 0 radical (unpaired) electrons. The van der Waals surface area contributed by atoms with E-state index in [1.165, 1.54) is 0 Å². The average molecular weight is 355 g/mol. The van der Waals surface area contributed by atoms with Crippen molar-refractivity contribution in [1.29, 1.82) is 0 Å². The van der Waals surface area contributed by atoms with E-state index in [1.807, 2.05) is 25.1 Å². The van der Waals surface area contributed by atoms with Crippen molar-refractivity contribution in [3.63, 3.8) is 0 Å². The van der Waals surface area contributed by atoms with Crippen LogP contribution in [0.1, 0.15) is 24.8 Å². The Morgan fingerprint density at radius 2 is 2.19 bits per heavy atom. The number of benzene rings is 1. The van der Waals surface area contributed by atoms with Gasteiger partial charge in [0.1, 0.15) is 6.42 Å². The minimum atomic E-state index is -0.329. The van der Waals surface area contributed by atoms with E-state index in [0.717, 1.165) is 29.5 Å². The Hall–Kier alpha value is -1.40. The van der Waals surface area contributed by atoms with Crippen LogP contribution in [0.5, 0.6) is 0 Å². The van der Waals surface area contributed by atoms with Crippen molar-refractivity contribution in [3.8, 4) is 0 Å². The van der Waals surface area contributed by atoms with Gasteiger partial charge in [-0.3, -0.25) is 9.59 Å². The lowest BCUT2D eigenvalue weighted by molar-refractivity contribution is -0.127. The van der Waals surface area contributed by atoms with Crippen molar-refractivity contribution in [3.05, 3.63) is 28.2 Å². The molecule has 1 aromatic rings. The summed E-state index contributed by atoms with van der Waals surface area (Å²) < 4.78 is 6.21. The van der Waals surface area contributed by atoms with E-state index >= 15 is 0 Å². The van der Waals surface area contributed by atoms with Gasteiger partial charge in [0.05, 0.1) is 11.8 Å². The van der Waals surface area contributed by atoms with Crippen molar-refractivity contribution >= 4 is 33.4 Å². The number of nitrogens with one attached hydrogen (secondary N) is 2. The molecule has 1 fully saturated rings.